The minimum absolute atomic E-state index is 0.433. The molecule has 0 saturated heterocycles. The molecule has 0 aliphatic carbocycles. The summed E-state index contributed by atoms with van der Waals surface area (Å²) in [6, 6.07) is 22.2. The highest BCUT2D eigenvalue weighted by atomic mass is 15.1. The fraction of sp³-hybridized carbons (Fsp3) is 0.562. The minimum atomic E-state index is 0.433. The standard InChI is InChI=1S/C32H49N/c1-3-4-5-6-7-8-9-10-11-12-13-14-15-18-23-30(2)33(28-31-24-19-16-20-25-31)29-32-26-21-17-22-27-32/h16-27,30H,3-15,28-29H2,1-2H3/b23-18-/t30-/m0/s1. The smallest absolute Gasteiger partial charge is 0.0256 e. The zero-order valence-electron chi connectivity index (χ0n) is 21.6. The Bertz CT molecular complexity index is 664. The topological polar surface area (TPSA) is 3.24 Å². The molecule has 0 unspecified atom stereocenters. The molecule has 2 rings (SSSR count). The van der Waals surface area contributed by atoms with Crippen LogP contribution in [0.25, 0.3) is 0 Å². The Labute approximate surface area is 205 Å². The number of nitrogens with zero attached hydrogens (tertiary/aromatic N) is 1. The van der Waals surface area contributed by atoms with Gasteiger partial charge >= 0.3 is 0 Å². The first-order valence-electron chi connectivity index (χ1n) is 13.8. The van der Waals surface area contributed by atoms with Gasteiger partial charge in [-0.05, 0) is 30.9 Å². The van der Waals surface area contributed by atoms with Crippen molar-refractivity contribution in [3.8, 4) is 0 Å². The SMILES string of the molecule is CCCCCCCCCCCCCC/C=C\[C@H](C)N(Cc1ccccc1)Cc1ccccc1. The Hall–Kier alpha value is -1.86. The maximum Gasteiger partial charge on any atom is 0.0256 e. The van der Waals surface area contributed by atoms with Crippen molar-refractivity contribution in [3.63, 3.8) is 0 Å². The van der Waals surface area contributed by atoms with E-state index >= 15 is 0 Å². The number of hydrogen-bond donors (Lipinski definition) is 0. The van der Waals surface area contributed by atoms with Crippen molar-refractivity contribution in [2.45, 2.75) is 116 Å². The molecule has 2 aromatic rings. The van der Waals surface area contributed by atoms with Crippen LogP contribution in [0.3, 0.4) is 0 Å². The summed E-state index contributed by atoms with van der Waals surface area (Å²) in [5, 5.41) is 0. The lowest BCUT2D eigenvalue weighted by Gasteiger charge is -2.27. The number of rotatable bonds is 19. The van der Waals surface area contributed by atoms with Gasteiger partial charge in [-0.25, -0.2) is 0 Å². The molecular formula is C32H49N. The average molecular weight is 448 g/mol. The van der Waals surface area contributed by atoms with Gasteiger partial charge in [0, 0.05) is 19.1 Å². The predicted octanol–water partition coefficient (Wildman–Crippen LogP) is 9.72. The molecule has 0 aliphatic heterocycles. The van der Waals surface area contributed by atoms with Crippen LogP contribution in [0.1, 0.15) is 108 Å². The summed E-state index contributed by atoms with van der Waals surface area (Å²) >= 11 is 0. The molecule has 0 spiro atoms. The third-order valence-electron chi connectivity index (χ3n) is 6.67. The van der Waals surface area contributed by atoms with Crippen LogP contribution in [0.5, 0.6) is 0 Å². The van der Waals surface area contributed by atoms with Gasteiger partial charge in [-0.3, -0.25) is 4.90 Å². The zero-order valence-corrected chi connectivity index (χ0v) is 21.6. The van der Waals surface area contributed by atoms with E-state index in [4.69, 9.17) is 0 Å². The molecule has 0 amide bonds. The summed E-state index contributed by atoms with van der Waals surface area (Å²) in [6.45, 7) is 6.60. The maximum absolute atomic E-state index is 2.57. The van der Waals surface area contributed by atoms with Crippen LogP contribution in [0.15, 0.2) is 72.8 Å². The van der Waals surface area contributed by atoms with E-state index in [-0.39, 0.29) is 0 Å². The molecule has 0 heterocycles. The lowest BCUT2D eigenvalue weighted by atomic mass is 10.0. The first kappa shape index (κ1) is 27.4. The normalized spacial score (nSPS) is 12.6. The van der Waals surface area contributed by atoms with Crippen molar-refractivity contribution < 1.29 is 0 Å². The molecule has 1 atom stereocenters. The summed E-state index contributed by atoms with van der Waals surface area (Å²) in [4.78, 5) is 2.57. The minimum Gasteiger partial charge on any atom is -0.289 e. The molecule has 182 valence electrons. The van der Waals surface area contributed by atoms with Crippen LogP contribution in [-0.4, -0.2) is 10.9 Å². The van der Waals surface area contributed by atoms with Gasteiger partial charge in [0.2, 0.25) is 0 Å². The van der Waals surface area contributed by atoms with Crippen LogP contribution in [0.4, 0.5) is 0 Å². The van der Waals surface area contributed by atoms with Crippen LogP contribution >= 0.6 is 0 Å². The average Bonchev–Trinajstić information content (AvgIpc) is 2.85. The Morgan fingerprint density at radius 1 is 0.606 bits per heavy atom. The fourth-order valence-corrected chi connectivity index (χ4v) is 4.50. The van der Waals surface area contributed by atoms with E-state index in [1.807, 2.05) is 0 Å². The first-order chi connectivity index (χ1) is 16.3. The van der Waals surface area contributed by atoms with Gasteiger partial charge in [0.15, 0.2) is 0 Å². The van der Waals surface area contributed by atoms with Gasteiger partial charge in [0.05, 0.1) is 0 Å². The van der Waals surface area contributed by atoms with Crippen molar-refractivity contribution in [2.75, 3.05) is 0 Å². The highest BCUT2D eigenvalue weighted by Gasteiger charge is 2.12. The van der Waals surface area contributed by atoms with Crippen molar-refractivity contribution in [2.24, 2.45) is 0 Å². The first-order valence-corrected chi connectivity index (χ1v) is 13.8. The second-order valence-corrected chi connectivity index (χ2v) is 9.72. The Morgan fingerprint density at radius 3 is 1.48 bits per heavy atom. The number of allylic oxidation sites excluding steroid dienone is 1. The van der Waals surface area contributed by atoms with Crippen molar-refractivity contribution in [1.82, 2.24) is 4.90 Å². The van der Waals surface area contributed by atoms with E-state index in [1.54, 1.807) is 0 Å². The quantitative estimate of drug-likeness (QED) is 0.153. The number of benzene rings is 2. The predicted molar refractivity (Wildman–Crippen MR) is 146 cm³/mol. The monoisotopic (exact) mass is 447 g/mol. The Kier molecular flexibility index (Phi) is 15.4. The van der Waals surface area contributed by atoms with Gasteiger partial charge in [-0.1, -0.05) is 150 Å². The summed E-state index contributed by atoms with van der Waals surface area (Å²) in [5.74, 6) is 0. The third kappa shape index (κ3) is 13.4. The molecule has 0 saturated carbocycles. The highest BCUT2D eigenvalue weighted by Crippen LogP contribution is 2.16. The molecule has 0 aliphatic rings. The zero-order chi connectivity index (χ0) is 23.4. The molecule has 0 aromatic heterocycles. The van der Waals surface area contributed by atoms with Gasteiger partial charge in [-0.2, -0.15) is 0 Å². The number of unbranched alkanes of at least 4 members (excludes halogenated alkanes) is 12. The van der Waals surface area contributed by atoms with Gasteiger partial charge in [-0.15, -0.1) is 0 Å². The van der Waals surface area contributed by atoms with Crippen LogP contribution in [-0.2, 0) is 13.1 Å². The molecule has 0 N–H and O–H groups in total. The molecule has 0 bridgehead atoms. The van der Waals surface area contributed by atoms with E-state index < -0.39 is 0 Å². The highest BCUT2D eigenvalue weighted by molar-refractivity contribution is 5.17. The molecule has 0 fully saturated rings. The second kappa shape index (κ2) is 18.6. The molecule has 0 radical (unpaired) electrons. The van der Waals surface area contributed by atoms with Crippen LogP contribution in [0, 0.1) is 0 Å². The molecular weight excluding hydrogens is 398 g/mol. The third-order valence-corrected chi connectivity index (χ3v) is 6.67. The molecule has 1 heteroatoms. The lowest BCUT2D eigenvalue weighted by molar-refractivity contribution is 0.223. The van der Waals surface area contributed by atoms with E-state index in [0.717, 1.165) is 13.1 Å². The Balaban J connectivity index is 1.61. The summed E-state index contributed by atoms with van der Waals surface area (Å²) in [5.41, 5.74) is 2.77. The molecule has 2 aromatic carbocycles. The van der Waals surface area contributed by atoms with Crippen molar-refractivity contribution in [1.29, 1.82) is 0 Å². The summed E-state index contributed by atoms with van der Waals surface area (Å²) < 4.78 is 0. The lowest BCUT2D eigenvalue weighted by Crippen LogP contribution is -2.30. The van der Waals surface area contributed by atoms with E-state index in [1.165, 1.54) is 94.6 Å². The van der Waals surface area contributed by atoms with Crippen LogP contribution < -0.4 is 0 Å². The fourth-order valence-electron chi connectivity index (χ4n) is 4.50. The van der Waals surface area contributed by atoms with Crippen molar-refractivity contribution in [3.05, 3.63) is 83.9 Å². The second-order valence-electron chi connectivity index (χ2n) is 9.72. The maximum atomic E-state index is 2.57. The largest absolute Gasteiger partial charge is 0.289 e. The van der Waals surface area contributed by atoms with Gasteiger partial charge < -0.3 is 0 Å². The van der Waals surface area contributed by atoms with E-state index in [2.05, 4.69) is 91.6 Å². The van der Waals surface area contributed by atoms with E-state index in [0.29, 0.717) is 6.04 Å². The van der Waals surface area contributed by atoms with Crippen molar-refractivity contribution >= 4 is 0 Å². The number of hydrogen-bond acceptors (Lipinski definition) is 1. The van der Waals surface area contributed by atoms with E-state index in [9.17, 15) is 0 Å². The Morgan fingerprint density at radius 2 is 1.03 bits per heavy atom. The summed E-state index contributed by atoms with van der Waals surface area (Å²) in [6.07, 6.45) is 23.1. The van der Waals surface area contributed by atoms with Crippen LogP contribution in [0.2, 0.25) is 0 Å². The molecule has 1 nitrogen and oxygen atoms in total. The van der Waals surface area contributed by atoms with Gasteiger partial charge in [0.1, 0.15) is 0 Å². The molecule has 33 heavy (non-hydrogen) atoms. The summed E-state index contributed by atoms with van der Waals surface area (Å²) in [7, 11) is 0. The van der Waals surface area contributed by atoms with Gasteiger partial charge in [0.25, 0.3) is 0 Å².